The largest absolute Gasteiger partial charge is 0.480 e. The minimum Gasteiger partial charge on any atom is -0.480 e. The summed E-state index contributed by atoms with van der Waals surface area (Å²) >= 11 is 0. The Morgan fingerprint density at radius 3 is 2.26 bits per heavy atom. The van der Waals surface area contributed by atoms with Gasteiger partial charge >= 0.3 is 5.97 Å². The predicted molar refractivity (Wildman–Crippen MR) is 104 cm³/mol. The summed E-state index contributed by atoms with van der Waals surface area (Å²) in [6, 6.07) is -0.852. The zero-order valence-corrected chi connectivity index (χ0v) is 17.4. The number of carbonyl (C=O) groups is 3. The van der Waals surface area contributed by atoms with Crippen LogP contribution in [0.15, 0.2) is 0 Å². The van der Waals surface area contributed by atoms with Crippen LogP contribution in [0.1, 0.15) is 66.7 Å². The van der Waals surface area contributed by atoms with Gasteiger partial charge in [0.05, 0.1) is 17.6 Å². The van der Waals surface area contributed by atoms with Crippen molar-refractivity contribution in [3.63, 3.8) is 0 Å². The van der Waals surface area contributed by atoms with E-state index in [-0.39, 0.29) is 18.4 Å². The second kappa shape index (κ2) is 11.9. The number of carboxylic acids is 1. The third-order valence-corrected chi connectivity index (χ3v) is 4.35. The molecule has 0 spiro atoms. The minimum atomic E-state index is -1.01. The van der Waals surface area contributed by atoms with Crippen molar-refractivity contribution in [2.24, 2.45) is 11.1 Å². The van der Waals surface area contributed by atoms with E-state index < -0.39 is 23.0 Å². The maximum Gasteiger partial charge on any atom is 0.320 e. The molecule has 1 unspecified atom stereocenters. The summed E-state index contributed by atoms with van der Waals surface area (Å²) in [5.74, 6) is -1.11. The number of rotatable bonds is 14. The zero-order chi connectivity index (χ0) is 21.1. The van der Waals surface area contributed by atoms with Crippen LogP contribution in [0, 0.1) is 5.41 Å². The van der Waals surface area contributed by atoms with Crippen molar-refractivity contribution >= 4 is 17.8 Å². The molecule has 0 aliphatic carbocycles. The molecule has 0 aliphatic rings. The van der Waals surface area contributed by atoms with E-state index in [9.17, 15) is 14.4 Å². The van der Waals surface area contributed by atoms with Crippen LogP contribution in [0.4, 0.5) is 0 Å². The molecule has 158 valence electrons. The van der Waals surface area contributed by atoms with Gasteiger partial charge in [-0.05, 0) is 53.4 Å². The first-order valence-electron chi connectivity index (χ1n) is 9.58. The van der Waals surface area contributed by atoms with E-state index in [1.807, 2.05) is 27.7 Å². The highest BCUT2D eigenvalue weighted by Gasteiger charge is 2.31. The molecule has 0 aromatic heterocycles. The van der Waals surface area contributed by atoms with Crippen LogP contribution in [0.3, 0.4) is 0 Å². The van der Waals surface area contributed by atoms with Crippen molar-refractivity contribution in [2.45, 2.75) is 78.4 Å². The number of amides is 2. The molecule has 27 heavy (non-hydrogen) atoms. The number of aliphatic carboxylic acids is 1. The lowest BCUT2D eigenvalue weighted by Crippen LogP contribution is -2.43. The molecule has 8 nitrogen and oxygen atoms in total. The minimum absolute atomic E-state index is 0.00909. The van der Waals surface area contributed by atoms with Crippen molar-refractivity contribution in [3.8, 4) is 0 Å². The first-order chi connectivity index (χ1) is 12.4. The molecule has 0 saturated carbocycles. The molecular formula is C19H37N3O5. The SMILES string of the molecule is CCC(=O)NCCC(C)(C)OCC(C)(C)C(=O)NCCCCC(N)C(=O)O. The van der Waals surface area contributed by atoms with E-state index in [0.717, 1.165) is 0 Å². The van der Waals surface area contributed by atoms with Gasteiger partial charge in [-0.1, -0.05) is 6.92 Å². The molecular weight excluding hydrogens is 350 g/mol. The lowest BCUT2D eigenvalue weighted by atomic mass is 9.92. The van der Waals surface area contributed by atoms with Gasteiger partial charge in [-0.3, -0.25) is 14.4 Å². The topological polar surface area (TPSA) is 131 Å². The zero-order valence-electron chi connectivity index (χ0n) is 17.4. The van der Waals surface area contributed by atoms with Crippen LogP contribution in [0.2, 0.25) is 0 Å². The molecule has 0 aromatic rings. The lowest BCUT2D eigenvalue weighted by molar-refractivity contribution is -0.139. The molecule has 0 saturated heterocycles. The Morgan fingerprint density at radius 1 is 1.07 bits per heavy atom. The fourth-order valence-electron chi connectivity index (χ4n) is 2.20. The third kappa shape index (κ3) is 11.6. The predicted octanol–water partition coefficient (Wildman–Crippen LogP) is 1.42. The van der Waals surface area contributed by atoms with Crippen LogP contribution in [0.25, 0.3) is 0 Å². The Morgan fingerprint density at radius 2 is 1.70 bits per heavy atom. The van der Waals surface area contributed by atoms with Crippen LogP contribution >= 0.6 is 0 Å². The standard InChI is InChI=1S/C19H37N3O5/c1-6-15(23)21-12-10-19(4,5)27-13-18(2,3)17(26)22-11-8-7-9-14(20)16(24)25/h14H,6-13,20H2,1-5H3,(H,21,23)(H,22,26)(H,24,25). The monoisotopic (exact) mass is 387 g/mol. The highest BCUT2D eigenvalue weighted by molar-refractivity contribution is 5.81. The Bertz CT molecular complexity index is 492. The summed E-state index contributed by atoms with van der Waals surface area (Å²) in [7, 11) is 0. The fraction of sp³-hybridized carbons (Fsp3) is 0.842. The van der Waals surface area contributed by atoms with Gasteiger partial charge in [0.1, 0.15) is 6.04 Å². The Hall–Kier alpha value is -1.67. The molecule has 1 atom stereocenters. The number of nitrogens with one attached hydrogen (secondary N) is 2. The number of unbranched alkanes of at least 4 members (excludes halogenated alkanes) is 1. The average molecular weight is 388 g/mol. The molecule has 5 N–H and O–H groups in total. The fourth-order valence-corrected chi connectivity index (χ4v) is 2.20. The molecule has 0 heterocycles. The first-order valence-corrected chi connectivity index (χ1v) is 9.58. The van der Waals surface area contributed by atoms with Gasteiger partial charge in [-0.25, -0.2) is 0 Å². The molecule has 0 fully saturated rings. The van der Waals surface area contributed by atoms with E-state index >= 15 is 0 Å². The van der Waals surface area contributed by atoms with Gasteiger partial charge in [0.25, 0.3) is 0 Å². The summed E-state index contributed by atoms with van der Waals surface area (Å²) in [4.78, 5) is 34.3. The van der Waals surface area contributed by atoms with Crippen LogP contribution in [-0.2, 0) is 19.1 Å². The summed E-state index contributed by atoms with van der Waals surface area (Å²) < 4.78 is 5.92. The number of ether oxygens (including phenoxy) is 1. The maximum atomic E-state index is 12.4. The summed E-state index contributed by atoms with van der Waals surface area (Å²) in [6.45, 7) is 10.6. The quantitative estimate of drug-likeness (QED) is 0.333. The van der Waals surface area contributed by atoms with Crippen LogP contribution in [0.5, 0.6) is 0 Å². The van der Waals surface area contributed by atoms with E-state index in [1.165, 1.54) is 0 Å². The van der Waals surface area contributed by atoms with E-state index in [0.29, 0.717) is 45.2 Å². The van der Waals surface area contributed by atoms with Gasteiger partial charge in [0.15, 0.2) is 0 Å². The molecule has 0 aromatic carbocycles. The smallest absolute Gasteiger partial charge is 0.320 e. The number of hydrogen-bond donors (Lipinski definition) is 4. The van der Waals surface area contributed by atoms with Gasteiger partial charge in [0, 0.05) is 19.5 Å². The van der Waals surface area contributed by atoms with E-state index in [1.54, 1.807) is 6.92 Å². The third-order valence-electron chi connectivity index (χ3n) is 4.35. The van der Waals surface area contributed by atoms with Crippen molar-refractivity contribution < 1.29 is 24.2 Å². The van der Waals surface area contributed by atoms with Crippen molar-refractivity contribution in [1.29, 1.82) is 0 Å². The first kappa shape index (κ1) is 25.3. The Kier molecular flexibility index (Phi) is 11.2. The Labute approximate surface area is 162 Å². The summed E-state index contributed by atoms with van der Waals surface area (Å²) in [5.41, 5.74) is 4.29. The van der Waals surface area contributed by atoms with E-state index in [2.05, 4.69) is 10.6 Å². The number of hydrogen-bond acceptors (Lipinski definition) is 5. The van der Waals surface area contributed by atoms with Gasteiger partial charge in [-0.15, -0.1) is 0 Å². The Balaban J connectivity index is 4.15. The second-order valence-corrected chi connectivity index (χ2v) is 8.08. The molecule has 0 aliphatic heterocycles. The van der Waals surface area contributed by atoms with Crippen molar-refractivity contribution in [3.05, 3.63) is 0 Å². The molecule has 0 radical (unpaired) electrons. The highest BCUT2D eigenvalue weighted by atomic mass is 16.5. The molecule has 8 heteroatoms. The molecule has 2 amide bonds. The van der Waals surface area contributed by atoms with Crippen molar-refractivity contribution in [2.75, 3.05) is 19.7 Å². The highest BCUT2D eigenvalue weighted by Crippen LogP contribution is 2.22. The number of carbonyl (C=O) groups excluding carboxylic acids is 2. The van der Waals surface area contributed by atoms with Gasteiger partial charge < -0.3 is 26.2 Å². The second-order valence-electron chi connectivity index (χ2n) is 8.08. The molecule has 0 rings (SSSR count). The maximum absolute atomic E-state index is 12.4. The van der Waals surface area contributed by atoms with Crippen LogP contribution in [-0.4, -0.2) is 54.2 Å². The van der Waals surface area contributed by atoms with E-state index in [4.69, 9.17) is 15.6 Å². The lowest BCUT2D eigenvalue weighted by Gasteiger charge is -2.31. The number of nitrogens with two attached hydrogens (primary N) is 1. The number of carboxylic acid groups (broad SMARTS) is 1. The summed E-state index contributed by atoms with van der Waals surface area (Å²) in [6.07, 6.45) is 2.81. The average Bonchev–Trinajstić information content (AvgIpc) is 2.59. The van der Waals surface area contributed by atoms with Crippen LogP contribution < -0.4 is 16.4 Å². The summed E-state index contributed by atoms with van der Waals surface area (Å²) in [5, 5.41) is 14.4. The van der Waals surface area contributed by atoms with Gasteiger partial charge in [0.2, 0.25) is 11.8 Å². The van der Waals surface area contributed by atoms with Gasteiger partial charge in [-0.2, -0.15) is 0 Å². The molecule has 0 bridgehead atoms. The normalized spacial score (nSPS) is 13.1. The van der Waals surface area contributed by atoms with Crippen molar-refractivity contribution in [1.82, 2.24) is 10.6 Å².